The molecule has 1 amide bonds. The zero-order chi connectivity index (χ0) is 12.7. The average Bonchev–Trinajstić information content (AvgIpc) is 2.75. The molecule has 4 aliphatic carbocycles. The van der Waals surface area contributed by atoms with Crippen LogP contribution in [0.5, 0.6) is 0 Å². The first-order valence-electron chi connectivity index (χ1n) is 8.51. The van der Waals surface area contributed by atoms with Gasteiger partial charge in [-0.3, -0.25) is 4.79 Å². The fourth-order valence-corrected chi connectivity index (χ4v) is 7.04. The normalized spacial score (nSPS) is 54.1. The number of amides is 1. The van der Waals surface area contributed by atoms with Crippen molar-refractivity contribution in [2.45, 2.75) is 57.8 Å². The van der Waals surface area contributed by atoms with Crippen LogP contribution in [0.15, 0.2) is 0 Å². The summed E-state index contributed by atoms with van der Waals surface area (Å²) in [6.45, 7) is 2.10. The standard InChI is InChI=1S/C17H25NO/c19-15(18-4-2-1-3-5-18)16-8-12-6-13-7-14(10-16)17(13,9-12)11-16/h12-14H,1-11H2/t12?,13-,14?,16?,17?/m1/s1. The van der Waals surface area contributed by atoms with E-state index in [2.05, 4.69) is 4.90 Å². The van der Waals surface area contributed by atoms with Gasteiger partial charge in [-0.2, -0.15) is 0 Å². The Morgan fingerprint density at radius 3 is 2.63 bits per heavy atom. The van der Waals surface area contributed by atoms with Gasteiger partial charge in [0.15, 0.2) is 0 Å². The van der Waals surface area contributed by atoms with E-state index in [9.17, 15) is 4.79 Å². The first kappa shape index (κ1) is 11.2. The predicted octanol–water partition coefficient (Wildman–Crippen LogP) is 3.22. The van der Waals surface area contributed by atoms with Crippen molar-refractivity contribution in [2.24, 2.45) is 28.6 Å². The fourth-order valence-electron chi connectivity index (χ4n) is 7.04. The van der Waals surface area contributed by atoms with Crippen molar-refractivity contribution in [3.63, 3.8) is 0 Å². The molecule has 5 rings (SSSR count). The summed E-state index contributed by atoms with van der Waals surface area (Å²) < 4.78 is 0. The highest BCUT2D eigenvalue weighted by molar-refractivity contribution is 5.84. The summed E-state index contributed by atoms with van der Waals surface area (Å²) in [5.41, 5.74) is 0.768. The lowest BCUT2D eigenvalue weighted by molar-refractivity contribution is -0.145. The Morgan fingerprint density at radius 1 is 0.947 bits per heavy atom. The van der Waals surface area contributed by atoms with Crippen LogP contribution in [0.25, 0.3) is 0 Å². The Bertz CT molecular complexity index is 437. The SMILES string of the molecule is O=C(N1CCCCC1)C12CC3C[C@@H]4CC(C1)C4(C3)C2. The molecule has 19 heavy (non-hydrogen) atoms. The molecule has 0 aromatic heterocycles. The van der Waals surface area contributed by atoms with Crippen molar-refractivity contribution in [3.05, 3.63) is 0 Å². The van der Waals surface area contributed by atoms with E-state index in [1.165, 1.54) is 57.8 Å². The summed E-state index contributed by atoms with van der Waals surface area (Å²) in [6.07, 6.45) is 12.0. The lowest BCUT2D eigenvalue weighted by atomic mass is 9.55. The van der Waals surface area contributed by atoms with Crippen LogP contribution in [0.2, 0.25) is 0 Å². The largest absolute Gasteiger partial charge is 0.342 e. The lowest BCUT2D eigenvalue weighted by Crippen LogP contribution is -2.47. The van der Waals surface area contributed by atoms with E-state index in [1.807, 2.05) is 0 Å². The van der Waals surface area contributed by atoms with E-state index in [0.29, 0.717) is 11.3 Å². The van der Waals surface area contributed by atoms with Crippen molar-refractivity contribution in [1.82, 2.24) is 4.90 Å². The summed E-state index contributed by atoms with van der Waals surface area (Å²) in [7, 11) is 0. The number of nitrogens with zero attached hydrogens (tertiary/aromatic N) is 1. The molecule has 0 aromatic rings. The molecule has 5 aliphatic rings. The molecule has 104 valence electrons. The van der Waals surface area contributed by atoms with Crippen LogP contribution in [0, 0.1) is 28.6 Å². The van der Waals surface area contributed by atoms with Crippen LogP contribution in [-0.4, -0.2) is 23.9 Å². The van der Waals surface area contributed by atoms with Gasteiger partial charge in [0.25, 0.3) is 0 Å². The third-order valence-corrected chi connectivity index (χ3v) is 7.56. The Balaban J connectivity index is 1.47. The van der Waals surface area contributed by atoms with Crippen LogP contribution in [0.3, 0.4) is 0 Å². The van der Waals surface area contributed by atoms with Crippen molar-refractivity contribution in [1.29, 1.82) is 0 Å². The van der Waals surface area contributed by atoms with E-state index in [0.717, 1.165) is 30.8 Å². The molecule has 1 aliphatic heterocycles. The number of likely N-dealkylation sites (tertiary alicyclic amines) is 1. The third kappa shape index (κ3) is 1.22. The van der Waals surface area contributed by atoms with Gasteiger partial charge in [-0.1, -0.05) is 0 Å². The Kier molecular flexibility index (Phi) is 1.98. The summed E-state index contributed by atoms with van der Waals surface area (Å²) in [4.78, 5) is 15.4. The number of fused-ring (bicyclic) bond motifs is 2. The topological polar surface area (TPSA) is 20.3 Å². The zero-order valence-corrected chi connectivity index (χ0v) is 11.9. The minimum atomic E-state index is 0.107. The van der Waals surface area contributed by atoms with Gasteiger partial charge < -0.3 is 4.90 Å². The number of hydrogen-bond acceptors (Lipinski definition) is 1. The highest BCUT2D eigenvalue weighted by Gasteiger charge is 2.72. The van der Waals surface area contributed by atoms with Crippen LogP contribution < -0.4 is 0 Å². The minimum Gasteiger partial charge on any atom is -0.342 e. The molecular formula is C17H25NO. The Morgan fingerprint density at radius 2 is 1.79 bits per heavy atom. The highest BCUT2D eigenvalue weighted by Crippen LogP contribution is 2.79. The van der Waals surface area contributed by atoms with E-state index in [4.69, 9.17) is 0 Å². The van der Waals surface area contributed by atoms with Gasteiger partial charge in [-0.25, -0.2) is 0 Å². The molecule has 5 fully saturated rings. The molecule has 1 heterocycles. The van der Waals surface area contributed by atoms with Crippen LogP contribution >= 0.6 is 0 Å². The summed E-state index contributed by atoms with van der Waals surface area (Å²) in [6, 6.07) is 0. The maximum atomic E-state index is 13.1. The van der Waals surface area contributed by atoms with Crippen LogP contribution in [0.1, 0.15) is 57.8 Å². The maximum absolute atomic E-state index is 13.1. The summed E-state index contributed by atoms with van der Waals surface area (Å²) >= 11 is 0. The lowest BCUT2D eigenvalue weighted by Gasteiger charge is -2.49. The second-order valence-electron chi connectivity index (χ2n) is 8.39. The quantitative estimate of drug-likeness (QED) is 0.708. The average molecular weight is 259 g/mol. The number of carbonyl (C=O) groups excluding carboxylic acids is 1. The van der Waals surface area contributed by atoms with E-state index < -0.39 is 0 Å². The molecule has 1 saturated heterocycles. The number of rotatable bonds is 1. The Hall–Kier alpha value is -0.530. The molecule has 0 aromatic carbocycles. The van der Waals surface area contributed by atoms with E-state index >= 15 is 0 Å². The molecule has 0 N–H and O–H groups in total. The van der Waals surface area contributed by atoms with Crippen molar-refractivity contribution in [2.75, 3.05) is 13.1 Å². The van der Waals surface area contributed by atoms with Crippen LogP contribution in [-0.2, 0) is 4.79 Å². The molecule has 4 saturated carbocycles. The zero-order valence-electron chi connectivity index (χ0n) is 11.9. The van der Waals surface area contributed by atoms with Gasteiger partial charge >= 0.3 is 0 Å². The minimum absolute atomic E-state index is 0.107. The summed E-state index contributed by atoms with van der Waals surface area (Å²) in [5, 5.41) is 0. The predicted molar refractivity (Wildman–Crippen MR) is 73.5 cm³/mol. The van der Waals surface area contributed by atoms with Gasteiger partial charge in [-0.15, -0.1) is 0 Å². The second-order valence-corrected chi connectivity index (χ2v) is 8.39. The first-order chi connectivity index (χ1) is 9.22. The van der Waals surface area contributed by atoms with Crippen molar-refractivity contribution >= 4 is 5.91 Å². The summed E-state index contributed by atoms with van der Waals surface area (Å²) in [5.74, 6) is 3.42. The monoisotopic (exact) mass is 259 g/mol. The molecule has 0 radical (unpaired) electrons. The smallest absolute Gasteiger partial charge is 0.228 e. The van der Waals surface area contributed by atoms with Gasteiger partial charge in [0, 0.05) is 13.1 Å². The van der Waals surface area contributed by atoms with Gasteiger partial charge in [-0.05, 0) is 81.0 Å². The molecule has 5 atom stereocenters. The van der Waals surface area contributed by atoms with Gasteiger partial charge in [0.05, 0.1) is 5.41 Å². The number of piperidine rings is 1. The van der Waals surface area contributed by atoms with Gasteiger partial charge in [0.1, 0.15) is 0 Å². The molecule has 2 nitrogen and oxygen atoms in total. The van der Waals surface area contributed by atoms with Gasteiger partial charge in [0.2, 0.25) is 5.91 Å². The van der Waals surface area contributed by atoms with E-state index in [-0.39, 0.29) is 5.41 Å². The third-order valence-electron chi connectivity index (χ3n) is 7.56. The molecule has 2 heteroatoms. The molecule has 4 unspecified atom stereocenters. The Labute approximate surface area is 115 Å². The molecule has 3 bridgehead atoms. The number of carbonyl (C=O) groups is 1. The van der Waals surface area contributed by atoms with Crippen LogP contribution in [0.4, 0.5) is 0 Å². The van der Waals surface area contributed by atoms with Crippen molar-refractivity contribution < 1.29 is 4.79 Å². The molecular weight excluding hydrogens is 234 g/mol. The fraction of sp³-hybridized carbons (Fsp3) is 0.941. The molecule has 1 spiro atoms. The van der Waals surface area contributed by atoms with E-state index in [1.54, 1.807) is 0 Å². The maximum Gasteiger partial charge on any atom is 0.228 e. The second kappa shape index (κ2) is 3.38. The highest BCUT2D eigenvalue weighted by atomic mass is 16.2. The first-order valence-corrected chi connectivity index (χ1v) is 8.51. The number of hydrogen-bond donors (Lipinski definition) is 0. The van der Waals surface area contributed by atoms with Crippen molar-refractivity contribution in [3.8, 4) is 0 Å².